The number of piperidine rings is 1. The number of rotatable bonds is 5. The largest absolute Gasteiger partial charge is 0.497 e. The van der Waals surface area contributed by atoms with E-state index in [9.17, 15) is 4.79 Å². The highest BCUT2D eigenvalue weighted by Gasteiger charge is 2.21. The van der Waals surface area contributed by atoms with E-state index in [0.29, 0.717) is 6.54 Å². The highest BCUT2D eigenvalue weighted by atomic mass is 32.1. The van der Waals surface area contributed by atoms with Crippen molar-refractivity contribution >= 4 is 32.7 Å². The summed E-state index contributed by atoms with van der Waals surface area (Å²) in [4.78, 5) is 21.3. The van der Waals surface area contributed by atoms with Gasteiger partial charge in [-0.3, -0.25) is 4.79 Å². The number of anilines is 1. The molecule has 0 unspecified atom stereocenters. The van der Waals surface area contributed by atoms with Crippen LogP contribution in [0.15, 0.2) is 24.3 Å². The van der Waals surface area contributed by atoms with E-state index in [1.165, 1.54) is 6.42 Å². The molecular formula is C20H25N5O2S. The van der Waals surface area contributed by atoms with Gasteiger partial charge in [0.15, 0.2) is 10.8 Å². The first kappa shape index (κ1) is 18.7. The van der Waals surface area contributed by atoms with Crippen molar-refractivity contribution < 1.29 is 9.53 Å². The lowest BCUT2D eigenvalue weighted by atomic mass is 10.1. The van der Waals surface area contributed by atoms with Crippen molar-refractivity contribution in [1.82, 2.24) is 19.7 Å². The third kappa shape index (κ3) is 3.56. The van der Waals surface area contributed by atoms with Gasteiger partial charge in [-0.15, -0.1) is 0 Å². The third-order valence-electron chi connectivity index (χ3n) is 5.10. The molecule has 0 spiro atoms. The number of aromatic nitrogens is 3. The second kappa shape index (κ2) is 7.79. The Morgan fingerprint density at radius 3 is 2.61 bits per heavy atom. The molecule has 0 N–H and O–H groups in total. The molecule has 1 aromatic carbocycles. The van der Waals surface area contributed by atoms with Crippen LogP contribution in [0.1, 0.15) is 25.0 Å². The van der Waals surface area contributed by atoms with Crippen LogP contribution in [0.4, 0.5) is 5.13 Å². The number of carbonyl (C=O) groups is 1. The molecule has 1 aliphatic heterocycles. The minimum absolute atomic E-state index is 0.176. The smallest absolute Gasteiger partial charge is 0.242 e. The number of carbonyl (C=O) groups excluding carboxylic acids is 1. The Morgan fingerprint density at radius 2 is 1.93 bits per heavy atom. The summed E-state index contributed by atoms with van der Waals surface area (Å²) in [6.07, 6.45) is 3.43. The highest BCUT2D eigenvalue weighted by molar-refractivity contribution is 7.22. The lowest BCUT2D eigenvalue weighted by Crippen LogP contribution is -2.41. The number of thiazole rings is 1. The lowest BCUT2D eigenvalue weighted by molar-refractivity contribution is -0.130. The van der Waals surface area contributed by atoms with Crippen LogP contribution in [0.3, 0.4) is 0 Å². The topological polar surface area (TPSA) is 63.5 Å². The van der Waals surface area contributed by atoms with Crippen molar-refractivity contribution in [2.75, 3.05) is 38.7 Å². The number of hydrogen-bond donors (Lipinski definition) is 0. The zero-order valence-electron chi connectivity index (χ0n) is 16.5. The number of hydrogen-bond acceptors (Lipinski definition) is 6. The van der Waals surface area contributed by atoms with E-state index in [4.69, 9.17) is 9.72 Å². The summed E-state index contributed by atoms with van der Waals surface area (Å²) in [7, 11) is 3.58. The van der Waals surface area contributed by atoms with Gasteiger partial charge < -0.3 is 14.5 Å². The van der Waals surface area contributed by atoms with E-state index < -0.39 is 0 Å². The number of methoxy groups -OCH3 is 1. The van der Waals surface area contributed by atoms with Crippen LogP contribution in [-0.2, 0) is 4.79 Å². The molecule has 8 heteroatoms. The SMILES string of the molecule is COc1ccc(-n2nc(C)c3sc(N(C)CC(=O)N4CCCCC4)nc32)cc1. The van der Waals surface area contributed by atoms with Crippen molar-refractivity contribution in [2.45, 2.75) is 26.2 Å². The Labute approximate surface area is 168 Å². The molecule has 1 aliphatic rings. The summed E-state index contributed by atoms with van der Waals surface area (Å²) in [5.74, 6) is 0.980. The number of likely N-dealkylation sites (tertiary alicyclic amines) is 1. The maximum Gasteiger partial charge on any atom is 0.242 e. The number of benzene rings is 1. The van der Waals surface area contributed by atoms with Crippen molar-refractivity contribution in [2.24, 2.45) is 0 Å². The van der Waals surface area contributed by atoms with E-state index in [2.05, 4.69) is 5.10 Å². The quantitative estimate of drug-likeness (QED) is 0.659. The van der Waals surface area contributed by atoms with Crippen molar-refractivity contribution in [3.63, 3.8) is 0 Å². The van der Waals surface area contributed by atoms with E-state index in [1.807, 2.05) is 52.7 Å². The van der Waals surface area contributed by atoms with Crippen LogP contribution >= 0.6 is 11.3 Å². The summed E-state index contributed by atoms with van der Waals surface area (Å²) in [6, 6.07) is 7.75. The Kier molecular flexibility index (Phi) is 5.21. The molecule has 3 aromatic rings. The molecule has 28 heavy (non-hydrogen) atoms. The van der Waals surface area contributed by atoms with Gasteiger partial charge in [-0.05, 0) is 50.5 Å². The molecule has 2 aromatic heterocycles. The first-order valence-electron chi connectivity index (χ1n) is 9.56. The summed E-state index contributed by atoms with van der Waals surface area (Å²) in [6.45, 7) is 4.09. The van der Waals surface area contributed by atoms with Crippen LogP contribution in [-0.4, -0.2) is 59.4 Å². The zero-order chi connectivity index (χ0) is 19.7. The average molecular weight is 400 g/mol. The summed E-state index contributed by atoms with van der Waals surface area (Å²) in [5, 5.41) is 5.48. The van der Waals surface area contributed by atoms with Crippen LogP contribution in [0, 0.1) is 6.92 Å². The Balaban J connectivity index is 1.57. The van der Waals surface area contributed by atoms with Gasteiger partial charge in [-0.1, -0.05) is 11.3 Å². The number of nitrogens with zero attached hydrogens (tertiary/aromatic N) is 5. The fraction of sp³-hybridized carbons (Fsp3) is 0.450. The minimum Gasteiger partial charge on any atom is -0.497 e. The number of fused-ring (bicyclic) bond motifs is 1. The molecule has 0 atom stereocenters. The van der Waals surface area contributed by atoms with Gasteiger partial charge in [0.25, 0.3) is 0 Å². The molecule has 0 radical (unpaired) electrons. The molecular weight excluding hydrogens is 374 g/mol. The fourth-order valence-corrected chi connectivity index (χ4v) is 4.45. The molecule has 7 nitrogen and oxygen atoms in total. The van der Waals surface area contributed by atoms with Crippen molar-refractivity contribution in [1.29, 1.82) is 0 Å². The van der Waals surface area contributed by atoms with E-state index >= 15 is 0 Å². The van der Waals surface area contributed by atoms with Crippen molar-refractivity contribution in [3.05, 3.63) is 30.0 Å². The average Bonchev–Trinajstić information content (AvgIpc) is 3.29. The molecule has 0 aliphatic carbocycles. The summed E-state index contributed by atoms with van der Waals surface area (Å²) in [5.41, 5.74) is 2.69. The summed E-state index contributed by atoms with van der Waals surface area (Å²) >= 11 is 1.58. The standard InChI is InChI=1S/C20H25N5O2S/c1-14-18-19(25(22-14)15-7-9-16(27-3)10-8-15)21-20(28-18)23(2)13-17(26)24-11-5-4-6-12-24/h7-10H,4-6,11-13H2,1-3H3. The van der Waals surface area contributed by atoms with Gasteiger partial charge >= 0.3 is 0 Å². The van der Waals surface area contributed by atoms with Gasteiger partial charge in [0.1, 0.15) is 5.75 Å². The fourth-order valence-electron chi connectivity index (χ4n) is 3.50. The van der Waals surface area contributed by atoms with Crippen LogP contribution in [0.25, 0.3) is 16.0 Å². The van der Waals surface area contributed by atoms with E-state index in [1.54, 1.807) is 18.4 Å². The van der Waals surface area contributed by atoms with E-state index in [0.717, 1.165) is 58.5 Å². The van der Waals surface area contributed by atoms with Gasteiger partial charge in [-0.25, -0.2) is 4.68 Å². The van der Waals surface area contributed by atoms with Crippen LogP contribution < -0.4 is 9.64 Å². The molecule has 1 fully saturated rings. The molecule has 3 heterocycles. The number of amides is 1. The highest BCUT2D eigenvalue weighted by Crippen LogP contribution is 2.32. The Morgan fingerprint density at radius 1 is 1.21 bits per heavy atom. The maximum absolute atomic E-state index is 12.6. The molecule has 4 rings (SSSR count). The molecule has 1 amide bonds. The van der Waals surface area contributed by atoms with Gasteiger partial charge in [0.05, 0.1) is 29.7 Å². The number of likely N-dealkylation sites (N-methyl/N-ethyl adjacent to an activating group) is 1. The third-order valence-corrected chi connectivity index (χ3v) is 6.37. The molecule has 0 saturated carbocycles. The maximum atomic E-state index is 12.6. The minimum atomic E-state index is 0.176. The van der Waals surface area contributed by atoms with Crippen LogP contribution in [0.2, 0.25) is 0 Å². The van der Waals surface area contributed by atoms with Gasteiger partial charge in [-0.2, -0.15) is 10.1 Å². The van der Waals surface area contributed by atoms with Gasteiger partial charge in [0.2, 0.25) is 5.91 Å². The number of ether oxygens (including phenoxy) is 1. The molecule has 148 valence electrons. The Bertz CT molecular complexity index is 973. The van der Waals surface area contributed by atoms with Crippen molar-refractivity contribution in [3.8, 4) is 11.4 Å². The summed E-state index contributed by atoms with van der Waals surface area (Å²) < 4.78 is 8.13. The van der Waals surface area contributed by atoms with E-state index in [-0.39, 0.29) is 5.91 Å². The number of aryl methyl sites for hydroxylation is 1. The monoisotopic (exact) mass is 399 g/mol. The lowest BCUT2D eigenvalue weighted by Gasteiger charge is -2.28. The second-order valence-electron chi connectivity index (χ2n) is 7.14. The normalized spacial score (nSPS) is 14.5. The second-order valence-corrected chi connectivity index (χ2v) is 8.12. The first-order valence-corrected chi connectivity index (χ1v) is 10.4. The predicted octanol–water partition coefficient (Wildman–Crippen LogP) is 3.25. The zero-order valence-corrected chi connectivity index (χ0v) is 17.3. The molecule has 1 saturated heterocycles. The van der Waals surface area contributed by atoms with Gasteiger partial charge in [0, 0.05) is 20.1 Å². The Hall–Kier alpha value is -2.61. The van der Waals surface area contributed by atoms with Crippen LogP contribution in [0.5, 0.6) is 5.75 Å². The first-order chi connectivity index (χ1) is 13.6. The molecule has 0 bridgehead atoms. The predicted molar refractivity (Wildman–Crippen MR) is 112 cm³/mol.